The SMILES string of the molecule is C[N+](C)(CCNc1cccc2c1C(=O)c1cccc(NCC[N+](C)(C)Cc3ccccc3)c1C2=O)Cc1ccccc1. The van der Waals surface area contributed by atoms with E-state index >= 15 is 0 Å². The molecular weight excluding hydrogens is 520 g/mol. The van der Waals surface area contributed by atoms with Gasteiger partial charge in [0, 0.05) is 33.6 Å². The second-order valence-corrected chi connectivity index (χ2v) is 12.6. The number of rotatable bonds is 12. The van der Waals surface area contributed by atoms with E-state index in [0.717, 1.165) is 46.5 Å². The molecule has 0 bridgehead atoms. The highest BCUT2D eigenvalue weighted by atomic mass is 16.1. The van der Waals surface area contributed by atoms with Crippen LogP contribution in [0.4, 0.5) is 11.4 Å². The third-order valence-corrected chi connectivity index (χ3v) is 8.04. The molecule has 5 rings (SSSR count). The topological polar surface area (TPSA) is 58.2 Å². The molecule has 0 aliphatic heterocycles. The van der Waals surface area contributed by atoms with E-state index < -0.39 is 0 Å². The Morgan fingerprint density at radius 2 is 0.881 bits per heavy atom. The summed E-state index contributed by atoms with van der Waals surface area (Å²) in [6.45, 7) is 4.93. The molecule has 1 aliphatic carbocycles. The van der Waals surface area contributed by atoms with Crippen molar-refractivity contribution in [3.8, 4) is 0 Å². The molecule has 0 aromatic heterocycles. The molecule has 0 radical (unpaired) electrons. The van der Waals surface area contributed by atoms with Crippen LogP contribution in [0.5, 0.6) is 0 Å². The van der Waals surface area contributed by atoms with Gasteiger partial charge in [0.2, 0.25) is 0 Å². The number of hydrogen-bond acceptors (Lipinski definition) is 4. The lowest BCUT2D eigenvalue weighted by atomic mass is 9.82. The van der Waals surface area contributed by atoms with Gasteiger partial charge >= 0.3 is 0 Å². The number of likely N-dealkylation sites (N-methyl/N-ethyl adjacent to an activating group) is 2. The number of carbonyl (C=O) groups excluding carboxylic acids is 2. The molecule has 2 N–H and O–H groups in total. The molecule has 0 unspecified atom stereocenters. The van der Waals surface area contributed by atoms with Crippen LogP contribution >= 0.6 is 0 Å². The van der Waals surface area contributed by atoms with Crippen LogP contribution in [0.3, 0.4) is 0 Å². The second-order valence-electron chi connectivity index (χ2n) is 12.6. The summed E-state index contributed by atoms with van der Waals surface area (Å²) in [6, 6.07) is 32.0. The first-order valence-electron chi connectivity index (χ1n) is 14.7. The third kappa shape index (κ3) is 6.78. The third-order valence-electron chi connectivity index (χ3n) is 8.04. The number of anilines is 2. The van der Waals surface area contributed by atoms with Gasteiger partial charge in [0.1, 0.15) is 13.1 Å². The molecule has 216 valence electrons. The summed E-state index contributed by atoms with van der Waals surface area (Å²) in [5.41, 5.74) is 5.89. The van der Waals surface area contributed by atoms with E-state index in [1.165, 1.54) is 11.1 Å². The Kier molecular flexibility index (Phi) is 8.57. The highest BCUT2D eigenvalue weighted by Gasteiger charge is 2.33. The van der Waals surface area contributed by atoms with Crippen LogP contribution in [-0.4, -0.2) is 74.9 Å². The minimum Gasteiger partial charge on any atom is -0.379 e. The minimum absolute atomic E-state index is 0.107. The Labute approximate surface area is 249 Å². The van der Waals surface area contributed by atoms with Crippen LogP contribution < -0.4 is 10.6 Å². The monoisotopic (exact) mass is 562 g/mol. The molecule has 0 amide bonds. The number of quaternary nitrogens is 2. The first-order chi connectivity index (χ1) is 20.1. The number of nitrogens with zero attached hydrogens (tertiary/aromatic N) is 2. The predicted molar refractivity (Wildman–Crippen MR) is 171 cm³/mol. The average molecular weight is 563 g/mol. The van der Waals surface area contributed by atoms with E-state index in [1.54, 1.807) is 12.1 Å². The Bertz CT molecular complexity index is 1440. The maximum atomic E-state index is 13.8. The molecule has 4 aromatic carbocycles. The van der Waals surface area contributed by atoms with Crippen molar-refractivity contribution >= 4 is 22.9 Å². The number of ketones is 2. The molecule has 0 heterocycles. The summed E-state index contributed by atoms with van der Waals surface area (Å²) in [5, 5.41) is 6.95. The fourth-order valence-electron chi connectivity index (χ4n) is 5.84. The van der Waals surface area contributed by atoms with Crippen molar-refractivity contribution < 1.29 is 18.6 Å². The summed E-state index contributed by atoms with van der Waals surface area (Å²) in [5.74, 6) is -0.214. The van der Waals surface area contributed by atoms with Crippen LogP contribution in [0.1, 0.15) is 43.0 Å². The Balaban J connectivity index is 1.27. The molecule has 4 aromatic rings. The quantitative estimate of drug-likeness (QED) is 0.188. The normalized spacial score (nSPS) is 13.0. The number of fused-ring (bicyclic) bond motifs is 2. The molecule has 0 fully saturated rings. The zero-order chi connectivity index (χ0) is 29.7. The summed E-state index contributed by atoms with van der Waals surface area (Å²) >= 11 is 0. The number of benzene rings is 4. The fourth-order valence-corrected chi connectivity index (χ4v) is 5.84. The van der Waals surface area contributed by atoms with E-state index in [0.29, 0.717) is 35.3 Å². The largest absolute Gasteiger partial charge is 0.379 e. The van der Waals surface area contributed by atoms with Gasteiger partial charge in [-0.2, -0.15) is 0 Å². The van der Waals surface area contributed by atoms with Crippen molar-refractivity contribution in [3.63, 3.8) is 0 Å². The van der Waals surface area contributed by atoms with Gasteiger partial charge in [0.25, 0.3) is 0 Å². The average Bonchev–Trinajstić information content (AvgIpc) is 2.96. The standard InChI is InChI=1S/C36H40N4O2/c1-39(2,25-27-13-7-5-8-14-27)23-21-37-31-19-11-17-29-33(31)35(41)30-18-12-20-32(34(30)36(29)42)38-22-24-40(3,4)26-28-15-9-6-10-16-28/h5-20H,21-26H2,1-4H3/p+2. The molecule has 0 spiro atoms. The smallest absolute Gasteiger partial charge is 0.196 e. The van der Waals surface area contributed by atoms with Crippen molar-refractivity contribution in [2.75, 3.05) is 65.0 Å². The number of nitrogens with one attached hydrogen (secondary N) is 2. The maximum absolute atomic E-state index is 13.8. The molecule has 42 heavy (non-hydrogen) atoms. The van der Waals surface area contributed by atoms with Gasteiger partial charge in [-0.25, -0.2) is 0 Å². The lowest BCUT2D eigenvalue weighted by Crippen LogP contribution is -2.42. The van der Waals surface area contributed by atoms with E-state index in [4.69, 9.17) is 0 Å². The zero-order valence-electron chi connectivity index (χ0n) is 25.2. The second kappa shape index (κ2) is 12.3. The molecule has 0 atom stereocenters. The first-order valence-corrected chi connectivity index (χ1v) is 14.7. The molecule has 6 nitrogen and oxygen atoms in total. The van der Waals surface area contributed by atoms with E-state index in [1.807, 2.05) is 36.4 Å². The summed E-state index contributed by atoms with van der Waals surface area (Å²) in [7, 11) is 8.82. The van der Waals surface area contributed by atoms with Gasteiger partial charge in [-0.05, 0) is 12.1 Å². The molecule has 6 heteroatoms. The molecular formula is C36H42N4O2+2. The lowest BCUT2D eigenvalue weighted by Gasteiger charge is -2.31. The van der Waals surface area contributed by atoms with Crippen molar-refractivity contribution in [1.29, 1.82) is 0 Å². The van der Waals surface area contributed by atoms with Crippen molar-refractivity contribution in [2.45, 2.75) is 13.1 Å². The van der Waals surface area contributed by atoms with Crippen LogP contribution in [0, 0.1) is 0 Å². The van der Waals surface area contributed by atoms with Gasteiger partial charge in [0.15, 0.2) is 11.6 Å². The van der Waals surface area contributed by atoms with E-state index in [9.17, 15) is 9.59 Å². The molecule has 0 saturated carbocycles. The van der Waals surface area contributed by atoms with E-state index in [2.05, 4.69) is 87.4 Å². The number of hydrogen-bond donors (Lipinski definition) is 2. The van der Waals surface area contributed by atoms with Gasteiger partial charge in [-0.1, -0.05) is 84.9 Å². The Hall–Kier alpha value is -4.26. The highest BCUT2D eigenvalue weighted by Crippen LogP contribution is 2.35. The van der Waals surface area contributed by atoms with Crippen LogP contribution in [0.15, 0.2) is 97.1 Å². The molecule has 0 saturated heterocycles. The Morgan fingerprint density at radius 3 is 1.26 bits per heavy atom. The zero-order valence-corrected chi connectivity index (χ0v) is 25.2. The van der Waals surface area contributed by atoms with Gasteiger partial charge in [0.05, 0.1) is 65.5 Å². The van der Waals surface area contributed by atoms with Gasteiger partial charge in [-0.15, -0.1) is 0 Å². The summed E-state index contributed by atoms with van der Waals surface area (Å²) in [4.78, 5) is 27.7. The van der Waals surface area contributed by atoms with E-state index in [-0.39, 0.29) is 11.6 Å². The van der Waals surface area contributed by atoms with Crippen LogP contribution in [0.25, 0.3) is 0 Å². The highest BCUT2D eigenvalue weighted by molar-refractivity contribution is 6.31. The minimum atomic E-state index is -0.107. The van der Waals surface area contributed by atoms with Crippen LogP contribution in [-0.2, 0) is 13.1 Å². The van der Waals surface area contributed by atoms with Gasteiger partial charge in [-0.3, -0.25) is 9.59 Å². The van der Waals surface area contributed by atoms with Crippen molar-refractivity contribution in [1.82, 2.24) is 0 Å². The number of carbonyl (C=O) groups is 2. The van der Waals surface area contributed by atoms with Crippen molar-refractivity contribution in [3.05, 3.63) is 130 Å². The van der Waals surface area contributed by atoms with Gasteiger partial charge < -0.3 is 19.6 Å². The summed E-state index contributed by atoms with van der Waals surface area (Å²) in [6.07, 6.45) is 0. The first kappa shape index (κ1) is 29.2. The fraction of sp³-hybridized carbons (Fsp3) is 0.278. The predicted octanol–water partition coefficient (Wildman–Crippen LogP) is 5.84. The summed E-state index contributed by atoms with van der Waals surface area (Å²) < 4.78 is 1.61. The van der Waals surface area contributed by atoms with Crippen LogP contribution in [0.2, 0.25) is 0 Å². The molecule has 1 aliphatic rings. The Morgan fingerprint density at radius 1 is 0.500 bits per heavy atom. The maximum Gasteiger partial charge on any atom is 0.196 e. The lowest BCUT2D eigenvalue weighted by molar-refractivity contribution is -0.902. The van der Waals surface area contributed by atoms with Crippen molar-refractivity contribution in [2.24, 2.45) is 0 Å².